The Hall–Kier alpha value is -1.47. The normalized spacial score (nSPS) is 9.90. The summed E-state index contributed by atoms with van der Waals surface area (Å²) in [5, 5.41) is 5.96. The Balaban J connectivity index is 2.00. The van der Waals surface area contributed by atoms with Gasteiger partial charge in [-0.2, -0.15) is 0 Å². The number of halogens is 1. The van der Waals surface area contributed by atoms with Crippen LogP contribution in [0.2, 0.25) is 0 Å². The van der Waals surface area contributed by atoms with E-state index in [1.807, 2.05) is 49.4 Å². The molecular formula is C15H13IN2OS. The molecule has 5 heteroatoms. The fourth-order valence-electron chi connectivity index (χ4n) is 1.69. The minimum atomic E-state index is -0.203. The van der Waals surface area contributed by atoms with E-state index in [4.69, 9.17) is 12.2 Å². The topological polar surface area (TPSA) is 41.1 Å². The number of hydrogen-bond donors (Lipinski definition) is 2. The number of hydrogen-bond acceptors (Lipinski definition) is 2. The third-order valence-electron chi connectivity index (χ3n) is 2.72. The molecule has 0 radical (unpaired) electrons. The van der Waals surface area contributed by atoms with Crippen molar-refractivity contribution in [2.45, 2.75) is 6.92 Å². The highest BCUT2D eigenvalue weighted by Gasteiger charge is 2.09. The second-order valence-electron chi connectivity index (χ2n) is 4.23. The zero-order valence-corrected chi connectivity index (χ0v) is 13.8. The minimum Gasteiger partial charge on any atom is -0.332 e. The molecule has 2 aromatic rings. The molecule has 0 bridgehead atoms. The number of thiocarbonyl (C=S) groups is 1. The van der Waals surface area contributed by atoms with Gasteiger partial charge in [-0.05, 0) is 77.6 Å². The SMILES string of the molecule is Cc1ccccc1C(=O)NC(=S)Nc1ccc(I)cc1. The van der Waals surface area contributed by atoms with Crippen LogP contribution in [-0.2, 0) is 0 Å². The Bertz CT molecular complexity index is 641. The van der Waals surface area contributed by atoms with E-state index in [0.29, 0.717) is 10.7 Å². The standard InChI is InChI=1S/C15H13IN2OS/c1-10-4-2-3-5-13(10)14(19)18-15(20)17-12-8-6-11(16)7-9-12/h2-9H,1H3,(H2,17,18,19,20). The Labute approximate surface area is 136 Å². The lowest BCUT2D eigenvalue weighted by Crippen LogP contribution is -2.34. The van der Waals surface area contributed by atoms with Gasteiger partial charge in [-0.1, -0.05) is 18.2 Å². The first-order valence-electron chi connectivity index (χ1n) is 6.00. The summed E-state index contributed by atoms with van der Waals surface area (Å²) in [7, 11) is 0. The van der Waals surface area contributed by atoms with Gasteiger partial charge in [0, 0.05) is 14.8 Å². The van der Waals surface area contributed by atoms with Crippen molar-refractivity contribution in [3.05, 3.63) is 63.2 Å². The molecule has 1 amide bonds. The molecule has 0 saturated heterocycles. The van der Waals surface area contributed by atoms with Gasteiger partial charge in [0.2, 0.25) is 0 Å². The smallest absolute Gasteiger partial charge is 0.257 e. The summed E-state index contributed by atoms with van der Waals surface area (Å²) in [4.78, 5) is 12.1. The van der Waals surface area contributed by atoms with Crippen molar-refractivity contribution in [1.29, 1.82) is 0 Å². The van der Waals surface area contributed by atoms with E-state index in [2.05, 4.69) is 33.2 Å². The maximum Gasteiger partial charge on any atom is 0.257 e. The molecule has 0 fully saturated rings. The molecule has 102 valence electrons. The summed E-state index contributed by atoms with van der Waals surface area (Å²) >= 11 is 7.37. The highest BCUT2D eigenvalue weighted by atomic mass is 127. The van der Waals surface area contributed by atoms with Crippen LogP contribution in [0, 0.1) is 10.5 Å². The van der Waals surface area contributed by atoms with E-state index < -0.39 is 0 Å². The van der Waals surface area contributed by atoms with E-state index in [1.165, 1.54) is 0 Å². The summed E-state index contributed by atoms with van der Waals surface area (Å²) in [6, 6.07) is 15.2. The third kappa shape index (κ3) is 4.01. The molecule has 0 aliphatic rings. The van der Waals surface area contributed by atoms with Crippen molar-refractivity contribution in [2.24, 2.45) is 0 Å². The van der Waals surface area contributed by atoms with Gasteiger partial charge in [-0.25, -0.2) is 0 Å². The molecule has 0 aliphatic heterocycles. The molecule has 0 aromatic heterocycles. The van der Waals surface area contributed by atoms with Crippen LogP contribution in [0.5, 0.6) is 0 Å². The van der Waals surface area contributed by atoms with Gasteiger partial charge in [0.1, 0.15) is 0 Å². The Kier molecular flexibility index (Phi) is 5.08. The van der Waals surface area contributed by atoms with Crippen LogP contribution in [0.15, 0.2) is 48.5 Å². The Morgan fingerprint density at radius 1 is 1.10 bits per heavy atom. The number of rotatable bonds is 2. The van der Waals surface area contributed by atoms with Crippen molar-refractivity contribution < 1.29 is 4.79 Å². The zero-order valence-electron chi connectivity index (χ0n) is 10.8. The predicted molar refractivity (Wildman–Crippen MR) is 94.0 cm³/mol. The average molecular weight is 396 g/mol. The molecule has 2 aromatic carbocycles. The van der Waals surface area contributed by atoms with E-state index in [-0.39, 0.29) is 5.91 Å². The van der Waals surface area contributed by atoms with Gasteiger partial charge in [0.25, 0.3) is 5.91 Å². The van der Waals surface area contributed by atoms with E-state index in [0.717, 1.165) is 14.8 Å². The van der Waals surface area contributed by atoms with Crippen LogP contribution in [0.1, 0.15) is 15.9 Å². The van der Waals surface area contributed by atoms with E-state index >= 15 is 0 Å². The van der Waals surface area contributed by atoms with Crippen LogP contribution < -0.4 is 10.6 Å². The van der Waals surface area contributed by atoms with Gasteiger partial charge < -0.3 is 5.32 Å². The number of aryl methyl sites for hydroxylation is 1. The molecular weight excluding hydrogens is 383 g/mol. The molecule has 0 saturated carbocycles. The summed E-state index contributed by atoms with van der Waals surface area (Å²) in [6.07, 6.45) is 0. The van der Waals surface area contributed by atoms with Gasteiger partial charge in [-0.3, -0.25) is 10.1 Å². The Morgan fingerprint density at radius 2 is 1.75 bits per heavy atom. The average Bonchev–Trinajstić information content (AvgIpc) is 2.41. The summed E-state index contributed by atoms with van der Waals surface area (Å²) in [5.74, 6) is -0.203. The van der Waals surface area contributed by atoms with Crippen LogP contribution in [0.3, 0.4) is 0 Å². The van der Waals surface area contributed by atoms with Crippen molar-refractivity contribution >= 4 is 51.5 Å². The molecule has 3 nitrogen and oxygen atoms in total. The van der Waals surface area contributed by atoms with Crippen molar-refractivity contribution in [3.8, 4) is 0 Å². The van der Waals surface area contributed by atoms with E-state index in [1.54, 1.807) is 6.07 Å². The maximum absolute atomic E-state index is 12.1. The van der Waals surface area contributed by atoms with Crippen LogP contribution >= 0.6 is 34.8 Å². The van der Waals surface area contributed by atoms with Crippen LogP contribution in [-0.4, -0.2) is 11.0 Å². The van der Waals surface area contributed by atoms with Crippen LogP contribution in [0.4, 0.5) is 5.69 Å². The minimum absolute atomic E-state index is 0.203. The molecule has 2 rings (SSSR count). The lowest BCUT2D eigenvalue weighted by molar-refractivity contribution is 0.0977. The first-order chi connectivity index (χ1) is 9.56. The number of anilines is 1. The van der Waals surface area contributed by atoms with Crippen molar-refractivity contribution in [3.63, 3.8) is 0 Å². The summed E-state index contributed by atoms with van der Waals surface area (Å²) in [5.41, 5.74) is 2.39. The van der Waals surface area contributed by atoms with Gasteiger partial charge in [0.15, 0.2) is 5.11 Å². The fourth-order valence-corrected chi connectivity index (χ4v) is 2.26. The largest absolute Gasteiger partial charge is 0.332 e. The molecule has 0 aliphatic carbocycles. The quantitative estimate of drug-likeness (QED) is 0.601. The lowest BCUT2D eigenvalue weighted by Gasteiger charge is -2.10. The number of nitrogens with one attached hydrogen (secondary N) is 2. The molecule has 0 atom stereocenters. The zero-order chi connectivity index (χ0) is 14.5. The number of carbonyl (C=O) groups excluding carboxylic acids is 1. The number of carbonyl (C=O) groups is 1. The highest BCUT2D eigenvalue weighted by Crippen LogP contribution is 2.11. The van der Waals surface area contributed by atoms with Crippen molar-refractivity contribution in [2.75, 3.05) is 5.32 Å². The van der Waals surface area contributed by atoms with E-state index in [9.17, 15) is 4.79 Å². The second-order valence-corrected chi connectivity index (χ2v) is 5.88. The fraction of sp³-hybridized carbons (Fsp3) is 0.0667. The second kappa shape index (κ2) is 6.81. The summed E-state index contributed by atoms with van der Waals surface area (Å²) in [6.45, 7) is 1.89. The molecule has 0 heterocycles. The predicted octanol–water partition coefficient (Wildman–Crippen LogP) is 3.73. The number of benzene rings is 2. The number of amides is 1. The highest BCUT2D eigenvalue weighted by molar-refractivity contribution is 14.1. The molecule has 2 N–H and O–H groups in total. The monoisotopic (exact) mass is 396 g/mol. The first kappa shape index (κ1) is 14.9. The lowest BCUT2D eigenvalue weighted by atomic mass is 10.1. The van der Waals surface area contributed by atoms with Crippen LogP contribution in [0.25, 0.3) is 0 Å². The van der Waals surface area contributed by atoms with Gasteiger partial charge >= 0.3 is 0 Å². The van der Waals surface area contributed by atoms with Gasteiger partial charge in [0.05, 0.1) is 0 Å². The first-order valence-corrected chi connectivity index (χ1v) is 7.48. The maximum atomic E-state index is 12.1. The third-order valence-corrected chi connectivity index (χ3v) is 3.64. The molecule has 0 unspecified atom stereocenters. The van der Waals surface area contributed by atoms with Gasteiger partial charge in [-0.15, -0.1) is 0 Å². The summed E-state index contributed by atoms with van der Waals surface area (Å²) < 4.78 is 1.14. The molecule has 0 spiro atoms. The van der Waals surface area contributed by atoms with Crippen molar-refractivity contribution in [1.82, 2.24) is 5.32 Å². The molecule has 20 heavy (non-hydrogen) atoms. The Morgan fingerprint density at radius 3 is 2.40 bits per heavy atom.